The van der Waals surface area contributed by atoms with Crippen LogP contribution in [0.25, 0.3) is 0 Å². The standard InChI is InChI=1S/C20H22F2N2O2/c1-5-13-9-11-14(12-10-13)18(25)23-24(20(2,3)4)19(26)15-7-6-8-16(21)17(15)22/h6-12H,5H2,1-4H3,(H,23,25). The zero-order valence-electron chi connectivity index (χ0n) is 15.3. The van der Waals surface area contributed by atoms with Crippen molar-refractivity contribution < 1.29 is 18.4 Å². The van der Waals surface area contributed by atoms with Gasteiger partial charge in [0.1, 0.15) is 0 Å². The van der Waals surface area contributed by atoms with E-state index < -0.39 is 34.6 Å². The van der Waals surface area contributed by atoms with E-state index in [-0.39, 0.29) is 0 Å². The van der Waals surface area contributed by atoms with Crippen molar-refractivity contribution in [2.24, 2.45) is 0 Å². The minimum Gasteiger partial charge on any atom is -0.267 e. The lowest BCUT2D eigenvalue weighted by Crippen LogP contribution is -2.56. The molecular weight excluding hydrogens is 338 g/mol. The molecule has 0 aliphatic heterocycles. The van der Waals surface area contributed by atoms with Gasteiger partial charge in [0.25, 0.3) is 11.8 Å². The van der Waals surface area contributed by atoms with Gasteiger partial charge in [-0.2, -0.15) is 0 Å². The summed E-state index contributed by atoms with van der Waals surface area (Å²) in [5.74, 6) is -3.69. The lowest BCUT2D eigenvalue weighted by molar-refractivity contribution is 0.0354. The summed E-state index contributed by atoms with van der Waals surface area (Å²) in [5, 5.41) is 1.01. The SMILES string of the molecule is CCc1ccc(C(=O)NN(C(=O)c2cccc(F)c2F)C(C)(C)C)cc1. The minimum absolute atomic E-state index is 0.365. The van der Waals surface area contributed by atoms with Crippen molar-refractivity contribution in [2.45, 2.75) is 39.7 Å². The van der Waals surface area contributed by atoms with Crippen LogP contribution in [-0.4, -0.2) is 22.4 Å². The third-order valence-electron chi connectivity index (χ3n) is 3.89. The van der Waals surface area contributed by atoms with Gasteiger partial charge in [-0.1, -0.05) is 25.1 Å². The maximum Gasteiger partial charge on any atom is 0.275 e. The van der Waals surface area contributed by atoms with Crippen molar-refractivity contribution >= 4 is 11.8 Å². The molecule has 0 atom stereocenters. The Kier molecular flexibility index (Phi) is 5.75. The average molecular weight is 360 g/mol. The van der Waals surface area contributed by atoms with Crippen LogP contribution in [0.2, 0.25) is 0 Å². The summed E-state index contributed by atoms with van der Waals surface area (Å²) in [7, 11) is 0. The number of nitrogens with zero attached hydrogens (tertiary/aromatic N) is 1. The van der Waals surface area contributed by atoms with E-state index in [2.05, 4.69) is 5.43 Å². The molecule has 0 heterocycles. The molecule has 2 amide bonds. The fourth-order valence-corrected chi connectivity index (χ4v) is 2.37. The van der Waals surface area contributed by atoms with Gasteiger partial charge in [0.05, 0.1) is 11.1 Å². The topological polar surface area (TPSA) is 49.4 Å². The third-order valence-corrected chi connectivity index (χ3v) is 3.89. The molecule has 2 aromatic carbocycles. The fourth-order valence-electron chi connectivity index (χ4n) is 2.37. The largest absolute Gasteiger partial charge is 0.275 e. The molecule has 0 unspecified atom stereocenters. The first-order valence-electron chi connectivity index (χ1n) is 8.33. The van der Waals surface area contributed by atoms with Crippen LogP contribution in [0.1, 0.15) is 54.0 Å². The van der Waals surface area contributed by atoms with Crippen LogP contribution in [0, 0.1) is 11.6 Å². The van der Waals surface area contributed by atoms with Crippen LogP contribution in [0.3, 0.4) is 0 Å². The minimum atomic E-state index is -1.24. The molecule has 0 saturated carbocycles. The molecule has 0 aliphatic rings. The molecule has 0 spiro atoms. The second kappa shape index (κ2) is 7.64. The van der Waals surface area contributed by atoms with Gasteiger partial charge < -0.3 is 0 Å². The van der Waals surface area contributed by atoms with Gasteiger partial charge in [-0.3, -0.25) is 15.0 Å². The van der Waals surface area contributed by atoms with Crippen LogP contribution in [0.4, 0.5) is 8.78 Å². The zero-order chi connectivity index (χ0) is 19.5. The Morgan fingerprint density at radius 1 is 1.04 bits per heavy atom. The van der Waals surface area contributed by atoms with Crippen molar-refractivity contribution in [3.8, 4) is 0 Å². The summed E-state index contributed by atoms with van der Waals surface area (Å²) in [6, 6.07) is 10.3. The van der Waals surface area contributed by atoms with Gasteiger partial charge >= 0.3 is 0 Å². The van der Waals surface area contributed by atoms with Gasteiger partial charge in [-0.15, -0.1) is 0 Å². The number of carbonyl (C=O) groups excluding carboxylic acids is 2. The van der Waals surface area contributed by atoms with E-state index in [0.717, 1.165) is 23.1 Å². The number of hydrazine groups is 1. The summed E-state index contributed by atoms with van der Waals surface area (Å²) < 4.78 is 27.5. The molecule has 0 bridgehead atoms. The number of aryl methyl sites for hydroxylation is 1. The average Bonchev–Trinajstić information content (AvgIpc) is 2.60. The monoisotopic (exact) mass is 360 g/mol. The van der Waals surface area contributed by atoms with Gasteiger partial charge in [0.2, 0.25) is 0 Å². The second-order valence-corrected chi connectivity index (χ2v) is 6.90. The fraction of sp³-hybridized carbons (Fsp3) is 0.300. The van der Waals surface area contributed by atoms with E-state index in [0.29, 0.717) is 5.56 Å². The molecule has 0 saturated heterocycles. The Hall–Kier alpha value is -2.76. The number of carbonyl (C=O) groups is 2. The lowest BCUT2D eigenvalue weighted by atomic mass is 10.1. The van der Waals surface area contributed by atoms with Crippen molar-refractivity contribution in [1.29, 1.82) is 0 Å². The molecule has 1 N–H and O–H groups in total. The smallest absolute Gasteiger partial charge is 0.267 e. The summed E-state index contributed by atoms with van der Waals surface area (Å²) in [4.78, 5) is 25.3. The normalized spacial score (nSPS) is 11.2. The molecule has 2 aromatic rings. The first-order valence-corrected chi connectivity index (χ1v) is 8.33. The maximum atomic E-state index is 14.0. The van der Waals surface area contributed by atoms with Crippen LogP contribution in [-0.2, 0) is 6.42 Å². The Morgan fingerprint density at radius 2 is 1.65 bits per heavy atom. The highest BCUT2D eigenvalue weighted by atomic mass is 19.2. The van der Waals surface area contributed by atoms with E-state index >= 15 is 0 Å². The number of nitrogens with one attached hydrogen (secondary N) is 1. The summed E-state index contributed by atoms with van der Waals surface area (Å²) in [6.07, 6.45) is 0.841. The lowest BCUT2D eigenvalue weighted by Gasteiger charge is -2.35. The number of rotatable bonds is 3. The van der Waals surface area contributed by atoms with E-state index in [4.69, 9.17) is 0 Å². The van der Waals surface area contributed by atoms with Gasteiger partial charge in [0, 0.05) is 5.56 Å². The Bertz CT molecular complexity index is 812. The highest BCUT2D eigenvalue weighted by Gasteiger charge is 2.31. The van der Waals surface area contributed by atoms with Crippen LogP contribution >= 0.6 is 0 Å². The van der Waals surface area contributed by atoms with Crippen molar-refractivity contribution in [1.82, 2.24) is 10.4 Å². The summed E-state index contributed by atoms with van der Waals surface area (Å²) in [6.45, 7) is 7.05. The summed E-state index contributed by atoms with van der Waals surface area (Å²) in [5.41, 5.74) is 2.66. The molecule has 0 fully saturated rings. The quantitative estimate of drug-likeness (QED) is 0.838. The second-order valence-electron chi connectivity index (χ2n) is 6.90. The van der Waals surface area contributed by atoms with E-state index in [1.54, 1.807) is 32.9 Å². The van der Waals surface area contributed by atoms with Crippen molar-refractivity contribution in [2.75, 3.05) is 0 Å². The molecule has 0 aliphatic carbocycles. The first kappa shape index (κ1) is 19.6. The maximum absolute atomic E-state index is 14.0. The first-order chi connectivity index (χ1) is 12.1. The Labute approximate surface area is 151 Å². The highest BCUT2D eigenvalue weighted by molar-refractivity contribution is 5.99. The predicted molar refractivity (Wildman–Crippen MR) is 95.6 cm³/mol. The number of hydrogen-bond donors (Lipinski definition) is 1. The molecule has 138 valence electrons. The van der Waals surface area contributed by atoms with Gasteiger partial charge in [0.15, 0.2) is 11.6 Å². The van der Waals surface area contributed by atoms with Gasteiger partial charge in [-0.25, -0.2) is 13.8 Å². The van der Waals surface area contributed by atoms with Crippen molar-refractivity contribution in [3.63, 3.8) is 0 Å². The Morgan fingerprint density at radius 3 is 2.19 bits per heavy atom. The van der Waals surface area contributed by atoms with E-state index in [9.17, 15) is 18.4 Å². The zero-order valence-corrected chi connectivity index (χ0v) is 15.3. The molecule has 4 nitrogen and oxygen atoms in total. The molecule has 0 radical (unpaired) electrons. The third kappa shape index (κ3) is 4.25. The molecule has 0 aromatic heterocycles. The number of amides is 2. The van der Waals surface area contributed by atoms with Crippen LogP contribution < -0.4 is 5.43 Å². The predicted octanol–water partition coefficient (Wildman–Crippen LogP) is 4.11. The number of benzene rings is 2. The molecule has 6 heteroatoms. The Balaban J connectivity index is 2.31. The highest BCUT2D eigenvalue weighted by Crippen LogP contribution is 2.19. The van der Waals surface area contributed by atoms with Crippen LogP contribution in [0.5, 0.6) is 0 Å². The van der Waals surface area contributed by atoms with Crippen LogP contribution in [0.15, 0.2) is 42.5 Å². The van der Waals surface area contributed by atoms with Gasteiger partial charge in [-0.05, 0) is 57.0 Å². The van der Waals surface area contributed by atoms with Crippen molar-refractivity contribution in [3.05, 3.63) is 70.8 Å². The summed E-state index contributed by atoms with van der Waals surface area (Å²) >= 11 is 0. The van der Waals surface area contributed by atoms with E-state index in [1.807, 2.05) is 19.1 Å². The molecule has 26 heavy (non-hydrogen) atoms. The number of hydrogen-bond acceptors (Lipinski definition) is 2. The number of halogens is 2. The van der Waals surface area contributed by atoms with E-state index in [1.165, 1.54) is 12.1 Å². The molecular formula is C20H22F2N2O2. The molecule has 2 rings (SSSR count).